The van der Waals surface area contributed by atoms with Crippen LogP contribution >= 0.6 is 11.3 Å². The van der Waals surface area contributed by atoms with Crippen LogP contribution in [0, 0.1) is 5.92 Å². The molecule has 0 aliphatic rings. The molecule has 1 aromatic heterocycles. The van der Waals surface area contributed by atoms with Gasteiger partial charge in [-0.1, -0.05) is 13.8 Å². The van der Waals surface area contributed by atoms with Crippen LogP contribution in [-0.4, -0.2) is 18.1 Å². The second kappa shape index (κ2) is 6.35. The number of rotatable bonds is 6. The van der Waals surface area contributed by atoms with E-state index in [4.69, 9.17) is 0 Å². The fourth-order valence-corrected chi connectivity index (χ4v) is 2.15. The second-order valence-corrected chi connectivity index (χ2v) is 5.45. The molecule has 1 N–H and O–H groups in total. The molecule has 0 saturated carbocycles. The Morgan fingerprint density at radius 1 is 1.41 bits per heavy atom. The standard InChI is InChI=1S/C11H17F3N2S/c1-8(2)6-15-5-3-4-9-7-16-10(17-9)11(12,13)14/h7-8,15H,3-6H2,1-2H3. The van der Waals surface area contributed by atoms with Crippen LogP contribution in [0.3, 0.4) is 0 Å². The minimum atomic E-state index is -4.31. The zero-order valence-electron chi connectivity index (χ0n) is 9.97. The Bertz CT molecular complexity index is 334. The summed E-state index contributed by atoms with van der Waals surface area (Å²) in [6, 6.07) is 0. The number of nitrogens with zero attached hydrogens (tertiary/aromatic N) is 1. The van der Waals surface area contributed by atoms with Crippen LogP contribution in [0.4, 0.5) is 13.2 Å². The summed E-state index contributed by atoms with van der Waals surface area (Å²) >= 11 is 0.740. The topological polar surface area (TPSA) is 24.9 Å². The van der Waals surface area contributed by atoms with Gasteiger partial charge in [0.05, 0.1) is 0 Å². The molecule has 2 nitrogen and oxygen atoms in total. The van der Waals surface area contributed by atoms with Crippen molar-refractivity contribution in [3.63, 3.8) is 0 Å². The summed E-state index contributed by atoms with van der Waals surface area (Å²) in [5.74, 6) is 0.593. The van der Waals surface area contributed by atoms with E-state index in [1.165, 1.54) is 6.20 Å². The van der Waals surface area contributed by atoms with Crippen LogP contribution in [-0.2, 0) is 12.6 Å². The van der Waals surface area contributed by atoms with E-state index in [-0.39, 0.29) is 0 Å². The van der Waals surface area contributed by atoms with Gasteiger partial charge in [0.15, 0.2) is 5.01 Å². The Labute approximate surface area is 103 Å². The van der Waals surface area contributed by atoms with Gasteiger partial charge in [-0.25, -0.2) is 4.98 Å². The smallest absolute Gasteiger partial charge is 0.316 e. The Hall–Kier alpha value is -0.620. The lowest BCUT2D eigenvalue weighted by Gasteiger charge is -2.06. The van der Waals surface area contributed by atoms with Crippen LogP contribution in [0.15, 0.2) is 6.20 Å². The maximum absolute atomic E-state index is 12.3. The summed E-state index contributed by atoms with van der Waals surface area (Å²) in [6.45, 7) is 6.01. The maximum Gasteiger partial charge on any atom is 0.443 e. The molecule has 0 fully saturated rings. The van der Waals surface area contributed by atoms with Gasteiger partial charge in [0.1, 0.15) is 0 Å². The van der Waals surface area contributed by atoms with Crippen molar-refractivity contribution in [2.24, 2.45) is 5.92 Å². The van der Waals surface area contributed by atoms with Gasteiger partial charge in [-0.05, 0) is 31.8 Å². The summed E-state index contributed by atoms with van der Waals surface area (Å²) in [5, 5.41) is 2.51. The second-order valence-electron chi connectivity index (χ2n) is 4.33. The largest absolute Gasteiger partial charge is 0.443 e. The van der Waals surface area contributed by atoms with E-state index in [1.807, 2.05) is 0 Å². The van der Waals surface area contributed by atoms with Gasteiger partial charge in [-0.15, -0.1) is 11.3 Å². The number of aryl methyl sites for hydroxylation is 1. The molecular formula is C11H17F3N2S. The average Bonchev–Trinajstić information content (AvgIpc) is 2.64. The normalized spacial score (nSPS) is 12.4. The third-order valence-corrected chi connectivity index (χ3v) is 3.23. The van der Waals surface area contributed by atoms with Gasteiger partial charge in [-0.3, -0.25) is 0 Å². The van der Waals surface area contributed by atoms with Gasteiger partial charge in [-0.2, -0.15) is 13.2 Å². The third-order valence-electron chi connectivity index (χ3n) is 2.13. The Balaban J connectivity index is 2.26. The fraction of sp³-hybridized carbons (Fsp3) is 0.727. The molecular weight excluding hydrogens is 249 g/mol. The number of hydrogen-bond acceptors (Lipinski definition) is 3. The lowest BCUT2D eigenvalue weighted by Crippen LogP contribution is -2.20. The van der Waals surface area contributed by atoms with Gasteiger partial charge in [0.2, 0.25) is 0 Å². The van der Waals surface area contributed by atoms with Crippen molar-refractivity contribution < 1.29 is 13.2 Å². The molecule has 1 heterocycles. The van der Waals surface area contributed by atoms with E-state index >= 15 is 0 Å². The number of aromatic nitrogens is 1. The minimum absolute atomic E-state index is 0.593. The van der Waals surface area contributed by atoms with Crippen LogP contribution < -0.4 is 5.32 Å². The first kappa shape index (κ1) is 14.4. The Morgan fingerprint density at radius 3 is 2.65 bits per heavy atom. The number of hydrogen-bond donors (Lipinski definition) is 1. The van der Waals surface area contributed by atoms with Crippen LogP contribution in [0.5, 0.6) is 0 Å². The Kier molecular flexibility index (Phi) is 5.39. The molecule has 0 aliphatic heterocycles. The van der Waals surface area contributed by atoms with E-state index in [0.717, 1.165) is 30.8 Å². The highest BCUT2D eigenvalue weighted by molar-refractivity contribution is 7.11. The van der Waals surface area contributed by atoms with Gasteiger partial charge in [0.25, 0.3) is 0 Å². The summed E-state index contributed by atoms with van der Waals surface area (Å²) in [6.07, 6.45) is -1.49. The lowest BCUT2D eigenvalue weighted by molar-refractivity contribution is -0.137. The zero-order valence-corrected chi connectivity index (χ0v) is 10.8. The number of halogens is 3. The SMILES string of the molecule is CC(C)CNCCCc1cnc(C(F)(F)F)s1. The summed E-state index contributed by atoms with van der Waals surface area (Å²) in [4.78, 5) is 4.09. The first-order chi connectivity index (χ1) is 7.89. The molecule has 98 valence electrons. The van der Waals surface area contributed by atoms with Crippen molar-refractivity contribution in [1.82, 2.24) is 10.3 Å². The molecule has 0 aromatic carbocycles. The zero-order chi connectivity index (χ0) is 12.9. The van der Waals surface area contributed by atoms with Gasteiger partial charge >= 0.3 is 6.18 Å². The maximum atomic E-state index is 12.3. The fourth-order valence-electron chi connectivity index (χ4n) is 1.33. The highest BCUT2D eigenvalue weighted by atomic mass is 32.1. The quantitative estimate of drug-likeness (QED) is 0.799. The first-order valence-corrected chi connectivity index (χ1v) is 6.44. The van der Waals surface area contributed by atoms with Gasteiger partial charge < -0.3 is 5.32 Å². The first-order valence-electron chi connectivity index (χ1n) is 5.62. The van der Waals surface area contributed by atoms with Crippen LogP contribution in [0.25, 0.3) is 0 Å². The molecule has 17 heavy (non-hydrogen) atoms. The van der Waals surface area contributed by atoms with Crippen molar-refractivity contribution in [2.75, 3.05) is 13.1 Å². The van der Waals surface area contributed by atoms with Crippen LogP contribution in [0.2, 0.25) is 0 Å². The van der Waals surface area contributed by atoms with E-state index in [1.54, 1.807) is 0 Å². The predicted octanol–water partition coefficient (Wildman–Crippen LogP) is 3.34. The summed E-state index contributed by atoms with van der Waals surface area (Å²) in [7, 11) is 0. The molecule has 0 atom stereocenters. The average molecular weight is 266 g/mol. The van der Waals surface area contributed by atoms with Gasteiger partial charge in [0, 0.05) is 11.1 Å². The van der Waals surface area contributed by atoms with Crippen molar-refractivity contribution in [3.8, 4) is 0 Å². The number of thiazole rings is 1. The van der Waals surface area contributed by atoms with Crippen molar-refractivity contribution in [2.45, 2.75) is 32.9 Å². The molecule has 0 unspecified atom stereocenters. The van der Waals surface area contributed by atoms with Crippen molar-refractivity contribution in [1.29, 1.82) is 0 Å². The molecule has 0 saturated heterocycles. The van der Waals surface area contributed by atoms with Crippen molar-refractivity contribution in [3.05, 3.63) is 16.1 Å². The molecule has 0 amide bonds. The molecule has 0 radical (unpaired) electrons. The van der Waals surface area contributed by atoms with Crippen LogP contribution in [0.1, 0.15) is 30.2 Å². The van der Waals surface area contributed by atoms with Crippen molar-refractivity contribution >= 4 is 11.3 Å². The number of alkyl halides is 3. The molecule has 1 rings (SSSR count). The highest BCUT2D eigenvalue weighted by Gasteiger charge is 2.34. The predicted molar refractivity (Wildman–Crippen MR) is 63.1 cm³/mol. The van der Waals surface area contributed by atoms with E-state index < -0.39 is 11.2 Å². The van der Waals surface area contributed by atoms with E-state index in [9.17, 15) is 13.2 Å². The lowest BCUT2D eigenvalue weighted by atomic mass is 10.2. The molecule has 0 aliphatic carbocycles. The molecule has 0 spiro atoms. The monoisotopic (exact) mass is 266 g/mol. The Morgan fingerprint density at radius 2 is 2.12 bits per heavy atom. The minimum Gasteiger partial charge on any atom is -0.316 e. The number of nitrogens with one attached hydrogen (secondary N) is 1. The molecule has 0 bridgehead atoms. The van der Waals surface area contributed by atoms with E-state index in [0.29, 0.717) is 17.2 Å². The highest BCUT2D eigenvalue weighted by Crippen LogP contribution is 2.32. The van der Waals surface area contributed by atoms with E-state index in [2.05, 4.69) is 24.1 Å². The third kappa shape index (κ3) is 5.50. The summed E-state index contributed by atoms with van der Waals surface area (Å²) in [5.41, 5.74) is 0. The summed E-state index contributed by atoms with van der Waals surface area (Å²) < 4.78 is 36.8. The molecule has 1 aromatic rings. The molecule has 6 heteroatoms.